The Morgan fingerprint density at radius 3 is 1.25 bits per heavy atom. The third kappa shape index (κ3) is 8.93. The van der Waals surface area contributed by atoms with Crippen molar-refractivity contribution >= 4 is 89.8 Å². The topological polar surface area (TPSA) is 0 Å². The fourth-order valence-corrected chi connectivity index (χ4v) is 0. The second-order valence-electron chi connectivity index (χ2n) is 0.0714. The maximum absolute atomic E-state index is 4.96. The molecule has 4 heavy (non-hydrogen) atoms. The third-order valence-corrected chi connectivity index (χ3v) is 0. The van der Waals surface area contributed by atoms with E-state index in [1.807, 2.05) is 0 Å². The van der Waals surface area contributed by atoms with Crippen LogP contribution < -0.4 is 0 Å². The zero-order valence-electron chi connectivity index (χ0n) is 1.26. The summed E-state index contributed by atoms with van der Waals surface area (Å²) < 4.78 is 0. The zero-order valence-corrected chi connectivity index (χ0v) is 6.66. The molecule has 0 aromatic rings. The van der Waals surface area contributed by atoms with Crippen LogP contribution in [0.1, 0.15) is 0 Å². The van der Waals surface area contributed by atoms with Gasteiger partial charge in [-0.2, -0.15) is 0 Å². The van der Waals surface area contributed by atoms with E-state index in [0.29, 0.717) is 0 Å². The van der Waals surface area contributed by atoms with Crippen LogP contribution >= 0.6 is 16.6 Å². The molecule has 0 unspecified atom stereocenters. The van der Waals surface area contributed by atoms with Crippen molar-refractivity contribution in [2.75, 3.05) is 0 Å². The molecule has 0 nitrogen and oxygen atoms in total. The molecule has 0 heterocycles. The van der Waals surface area contributed by atoms with Gasteiger partial charge in [0.05, 0.1) is 0 Å². The van der Waals surface area contributed by atoms with Gasteiger partial charge in [-0.15, -0.1) is 0 Å². The molecular weight excluding hydrogens is 317 g/mol. The summed E-state index contributed by atoms with van der Waals surface area (Å²) in [5, 5.41) is 0. The molecule has 0 atom stereocenters. The predicted octanol–water partition coefficient (Wildman–Crippen LogP) is 0.350. The van der Waals surface area contributed by atoms with Crippen molar-refractivity contribution in [2.24, 2.45) is 0 Å². The Kier molecular flexibility index (Phi) is 24.1. The Morgan fingerprint density at radius 1 is 1.25 bits per heavy atom. The number of hydrogen-bond acceptors (Lipinski definition) is 0. The van der Waals surface area contributed by atoms with Crippen LogP contribution in [0.4, 0.5) is 0 Å². The number of hydrogen-bond donors (Lipinski definition) is 0. The van der Waals surface area contributed by atoms with Crippen LogP contribution in [0.3, 0.4) is 0 Å². The van der Waals surface area contributed by atoms with Gasteiger partial charge < -0.3 is 0 Å². The van der Waals surface area contributed by atoms with E-state index in [1.165, 1.54) is 0 Å². The Hall–Kier alpha value is 3.14. The van der Waals surface area contributed by atoms with E-state index in [0.717, 1.165) is 0 Å². The summed E-state index contributed by atoms with van der Waals surface area (Å²) in [6.07, 6.45) is 0. The Balaban J connectivity index is 0. The summed E-state index contributed by atoms with van der Waals surface area (Å²) >= 11 is -0.972. The van der Waals surface area contributed by atoms with Gasteiger partial charge in [0.15, 0.2) is 0 Å². The van der Waals surface area contributed by atoms with Gasteiger partial charge in [-0.3, -0.25) is 0 Å². The summed E-state index contributed by atoms with van der Waals surface area (Å²) in [5.41, 5.74) is 0. The first kappa shape index (κ1) is 10.2. The molecule has 0 aliphatic rings. The molecule has 0 bridgehead atoms. The summed E-state index contributed by atoms with van der Waals surface area (Å²) in [7, 11) is 9.92. The molecule has 0 amide bonds. The van der Waals surface area contributed by atoms with Gasteiger partial charge in [-0.05, 0) is 0 Å². The fourth-order valence-electron chi connectivity index (χ4n) is 0. The van der Waals surface area contributed by atoms with Gasteiger partial charge in [-0.1, -0.05) is 0 Å². The molecule has 0 aliphatic heterocycles. The number of rotatable bonds is 0. The van der Waals surface area contributed by atoms with E-state index in [1.54, 1.807) is 0 Å². The molecule has 0 rings (SSSR count). The van der Waals surface area contributed by atoms with E-state index < -0.39 is 21.8 Å². The van der Waals surface area contributed by atoms with Gasteiger partial charge in [0.2, 0.25) is 0 Å². The molecule has 0 spiro atoms. The van der Waals surface area contributed by atoms with Gasteiger partial charge in [0.25, 0.3) is 0 Å². The van der Waals surface area contributed by atoms with Crippen molar-refractivity contribution in [1.29, 1.82) is 0 Å². The predicted molar refractivity (Wildman–Crippen MR) is 24.6 cm³/mol. The van der Waals surface area contributed by atoms with Gasteiger partial charge >= 0.3 is 89.8 Å². The normalized spacial score (nSPS) is 4.50. The van der Waals surface area contributed by atoms with Crippen LogP contribution in [0.15, 0.2) is 0 Å². The molecule has 20 valence electrons. The van der Waals surface area contributed by atoms with Crippen LogP contribution in [0.25, 0.3) is 0 Å². The minimum atomic E-state index is -0.972. The fraction of sp³-hybridized carbons (Fsp3) is 0. The second kappa shape index (κ2) is 9.46. The Bertz CT molecular complexity index is 6.00. The first-order valence-corrected chi connectivity index (χ1v) is 9.95. The van der Waals surface area contributed by atoms with Crippen LogP contribution in [0, 0.1) is 0 Å². The summed E-state index contributed by atoms with van der Waals surface area (Å²) in [6.45, 7) is 0. The Morgan fingerprint density at radius 2 is 1.25 bits per heavy atom. The summed E-state index contributed by atoms with van der Waals surface area (Å²) in [4.78, 5) is 0. The first-order valence-electron chi connectivity index (χ1n) is 0.378. The molecule has 0 aliphatic carbocycles. The average molecular weight is 318 g/mol. The first-order chi connectivity index (χ1) is 1.41. The monoisotopic (exact) mass is 318 g/mol. The van der Waals surface area contributed by atoms with Crippen molar-refractivity contribution in [3.63, 3.8) is 0 Å². The van der Waals surface area contributed by atoms with E-state index in [9.17, 15) is 0 Å². The molecule has 0 saturated heterocycles. The van der Waals surface area contributed by atoms with Crippen LogP contribution in [0.5, 0.6) is 0 Å². The van der Waals surface area contributed by atoms with Crippen LogP contribution in [-0.2, 0) is 0 Å². The number of halogens is 2. The molecule has 4 heteroatoms. The molecule has 0 aromatic heterocycles. The van der Waals surface area contributed by atoms with Crippen molar-refractivity contribution in [3.8, 4) is 0 Å². The summed E-state index contributed by atoms with van der Waals surface area (Å²) in [5.74, 6) is 0. The molecular formula is HCl2KPb. The van der Waals surface area contributed by atoms with E-state index >= 15 is 0 Å². The van der Waals surface area contributed by atoms with Gasteiger partial charge in [0.1, 0.15) is 0 Å². The quantitative estimate of drug-likeness (QED) is 0.566. The average Bonchev–Trinajstić information content (AvgIpc) is 0.918. The molecule has 0 aromatic carbocycles. The molecule has 0 N–H and O–H groups in total. The minimum absolute atomic E-state index is 0. The molecule has 0 saturated carbocycles. The summed E-state index contributed by atoms with van der Waals surface area (Å²) in [6, 6.07) is 0. The van der Waals surface area contributed by atoms with Crippen LogP contribution in [-0.4, -0.2) is 73.2 Å². The zero-order chi connectivity index (χ0) is 2.71. The molecule has 2 radical (unpaired) electrons. The van der Waals surface area contributed by atoms with Crippen molar-refractivity contribution in [2.45, 2.75) is 0 Å². The van der Waals surface area contributed by atoms with Crippen LogP contribution in [0.2, 0.25) is 0 Å². The second-order valence-corrected chi connectivity index (χ2v) is 5.64. The van der Waals surface area contributed by atoms with Gasteiger partial charge in [0, 0.05) is 0 Å². The van der Waals surface area contributed by atoms with Crippen molar-refractivity contribution in [3.05, 3.63) is 0 Å². The Labute approximate surface area is 87.2 Å². The third-order valence-electron chi connectivity index (χ3n) is 0. The molecule has 0 fully saturated rings. The van der Waals surface area contributed by atoms with E-state index in [-0.39, 0.29) is 51.4 Å². The maximum atomic E-state index is 4.96. The van der Waals surface area contributed by atoms with Gasteiger partial charge in [-0.25, -0.2) is 0 Å². The van der Waals surface area contributed by atoms with E-state index in [2.05, 4.69) is 0 Å². The SMILES string of the molecule is [Cl][Pb][Cl].[KH]. The van der Waals surface area contributed by atoms with E-state index in [4.69, 9.17) is 16.6 Å². The van der Waals surface area contributed by atoms with Crippen molar-refractivity contribution in [1.82, 2.24) is 0 Å². The van der Waals surface area contributed by atoms with Crippen molar-refractivity contribution < 1.29 is 0 Å². The standard InChI is InChI=1S/2ClH.K.Pb.H/h2*1H;;;/q;;;+2;/p-2.